The minimum Gasteiger partial charge on any atom is -0.490 e. The standard InChI is InChI=1S/C44H38Cl2N2O6/c45-37-9-1-7-35(25-37)33-13-19-39(20-14-33)51-29-41(17-11-31-5-3-23-47-27-31)53-43(49)44(50)54-42(18-12-32-6-4-24-48-28-32)30-52-40-21-15-34(16-22-40)36-8-2-10-38(46)26-36/h1-10,13-16,19-28,41-42H,11-12,17-18,29-30H2/t41-,42-/m0/s1. The molecule has 2 aromatic heterocycles. The predicted molar refractivity (Wildman–Crippen MR) is 210 cm³/mol. The molecule has 0 bridgehead atoms. The molecular formula is C44H38Cl2N2O6. The molecule has 6 aromatic rings. The van der Waals surface area contributed by atoms with E-state index < -0.39 is 24.1 Å². The number of pyridine rings is 2. The van der Waals surface area contributed by atoms with Crippen molar-refractivity contribution in [2.45, 2.75) is 37.9 Å². The van der Waals surface area contributed by atoms with Crippen molar-refractivity contribution in [3.63, 3.8) is 0 Å². The van der Waals surface area contributed by atoms with E-state index in [0.717, 1.165) is 33.4 Å². The zero-order valence-electron chi connectivity index (χ0n) is 29.4. The van der Waals surface area contributed by atoms with E-state index in [4.69, 9.17) is 42.1 Å². The fraction of sp³-hybridized carbons (Fsp3) is 0.182. The van der Waals surface area contributed by atoms with Gasteiger partial charge in [-0.2, -0.15) is 0 Å². The number of esters is 2. The molecule has 10 heteroatoms. The number of nitrogens with zero attached hydrogens (tertiary/aromatic N) is 2. The number of aromatic nitrogens is 2. The van der Waals surface area contributed by atoms with Crippen LogP contribution in [0.15, 0.2) is 146 Å². The molecule has 0 saturated carbocycles. The Labute approximate surface area is 324 Å². The first-order valence-electron chi connectivity index (χ1n) is 17.5. The number of rotatable bonds is 16. The second-order valence-electron chi connectivity index (χ2n) is 12.5. The number of halogens is 2. The largest absolute Gasteiger partial charge is 0.490 e. The molecule has 0 aliphatic heterocycles. The van der Waals surface area contributed by atoms with Gasteiger partial charge in [-0.25, -0.2) is 9.59 Å². The Hall–Kier alpha value is -5.70. The fourth-order valence-corrected chi connectivity index (χ4v) is 6.08. The number of carbonyl (C=O) groups is 2. The third-order valence-electron chi connectivity index (χ3n) is 8.57. The molecule has 0 N–H and O–H groups in total. The molecule has 2 heterocycles. The van der Waals surface area contributed by atoms with E-state index in [2.05, 4.69) is 9.97 Å². The minimum atomic E-state index is -1.11. The van der Waals surface area contributed by atoms with Gasteiger partial charge in [0, 0.05) is 34.8 Å². The van der Waals surface area contributed by atoms with Crippen LogP contribution in [-0.4, -0.2) is 47.3 Å². The summed E-state index contributed by atoms with van der Waals surface area (Å²) in [5.41, 5.74) is 5.83. The van der Waals surface area contributed by atoms with Gasteiger partial charge in [-0.15, -0.1) is 0 Å². The topological polar surface area (TPSA) is 96.8 Å². The molecule has 6 rings (SSSR count). The van der Waals surface area contributed by atoms with Gasteiger partial charge in [-0.1, -0.05) is 83.9 Å². The zero-order valence-corrected chi connectivity index (χ0v) is 30.9. The highest BCUT2D eigenvalue weighted by molar-refractivity contribution is 6.31. The van der Waals surface area contributed by atoms with Gasteiger partial charge in [0.2, 0.25) is 0 Å². The third kappa shape index (κ3) is 11.7. The van der Waals surface area contributed by atoms with Crippen LogP contribution in [0.4, 0.5) is 0 Å². The summed E-state index contributed by atoms with van der Waals surface area (Å²) in [5.74, 6) is -1.05. The molecule has 0 saturated heterocycles. The lowest BCUT2D eigenvalue weighted by Crippen LogP contribution is -2.34. The molecule has 0 unspecified atom stereocenters. The van der Waals surface area contributed by atoms with E-state index in [1.165, 1.54) is 0 Å². The lowest BCUT2D eigenvalue weighted by Gasteiger charge is -2.21. The number of ether oxygens (including phenoxy) is 4. The maximum Gasteiger partial charge on any atom is 0.417 e. The third-order valence-corrected chi connectivity index (χ3v) is 9.04. The zero-order chi connectivity index (χ0) is 37.5. The van der Waals surface area contributed by atoms with Crippen LogP contribution in [0.1, 0.15) is 24.0 Å². The maximum atomic E-state index is 13.2. The Bertz CT molecular complexity index is 1950. The molecule has 54 heavy (non-hydrogen) atoms. The molecule has 0 aliphatic rings. The van der Waals surface area contributed by atoms with Gasteiger partial charge in [0.05, 0.1) is 0 Å². The van der Waals surface area contributed by atoms with E-state index in [1.54, 1.807) is 24.8 Å². The summed E-state index contributed by atoms with van der Waals surface area (Å²) in [6.07, 6.45) is 7.27. The normalized spacial score (nSPS) is 12.0. The van der Waals surface area contributed by atoms with Gasteiger partial charge < -0.3 is 18.9 Å². The molecule has 274 valence electrons. The second-order valence-corrected chi connectivity index (χ2v) is 13.4. The van der Waals surface area contributed by atoms with Crippen LogP contribution in [0.5, 0.6) is 11.5 Å². The fourth-order valence-electron chi connectivity index (χ4n) is 5.70. The van der Waals surface area contributed by atoms with Crippen LogP contribution in [0.2, 0.25) is 10.0 Å². The van der Waals surface area contributed by atoms with E-state index in [1.807, 2.05) is 121 Å². The first kappa shape index (κ1) is 38.0. The molecule has 0 amide bonds. The molecule has 8 nitrogen and oxygen atoms in total. The highest BCUT2D eigenvalue weighted by Crippen LogP contribution is 2.27. The van der Waals surface area contributed by atoms with Gasteiger partial charge in [-0.05, 0) is 120 Å². The predicted octanol–water partition coefficient (Wildman–Crippen LogP) is 9.66. The molecular weight excluding hydrogens is 723 g/mol. The van der Waals surface area contributed by atoms with E-state index >= 15 is 0 Å². The Morgan fingerprint density at radius 1 is 0.519 bits per heavy atom. The van der Waals surface area contributed by atoms with Crippen molar-refractivity contribution in [3.8, 4) is 33.8 Å². The van der Waals surface area contributed by atoms with Crippen molar-refractivity contribution < 1.29 is 28.5 Å². The Morgan fingerprint density at radius 2 is 0.944 bits per heavy atom. The number of benzene rings is 4. The average molecular weight is 762 g/mol. The highest BCUT2D eigenvalue weighted by Gasteiger charge is 2.27. The van der Waals surface area contributed by atoms with Crippen LogP contribution in [-0.2, 0) is 31.9 Å². The van der Waals surface area contributed by atoms with Gasteiger partial charge in [0.25, 0.3) is 0 Å². The first-order chi connectivity index (χ1) is 26.4. The van der Waals surface area contributed by atoms with E-state index in [9.17, 15) is 9.59 Å². The van der Waals surface area contributed by atoms with Crippen LogP contribution in [0.3, 0.4) is 0 Å². The first-order valence-corrected chi connectivity index (χ1v) is 18.3. The summed E-state index contributed by atoms with van der Waals surface area (Å²) in [4.78, 5) is 34.8. The van der Waals surface area contributed by atoms with Crippen molar-refractivity contribution in [2.75, 3.05) is 13.2 Å². The Kier molecular flexibility index (Phi) is 13.7. The summed E-state index contributed by atoms with van der Waals surface area (Å²) in [6.45, 7) is 0.0447. The SMILES string of the molecule is O=C(O[C@@H](CCc1cccnc1)COc1ccc(-c2cccc(Cl)c2)cc1)C(=O)O[C@@H](CCc1cccnc1)COc1ccc(-c2cccc(Cl)c2)cc1. The molecule has 4 aromatic carbocycles. The van der Waals surface area contributed by atoms with E-state index in [0.29, 0.717) is 47.2 Å². The van der Waals surface area contributed by atoms with Crippen molar-refractivity contribution >= 4 is 35.1 Å². The van der Waals surface area contributed by atoms with Gasteiger partial charge in [0.15, 0.2) is 0 Å². The summed E-state index contributed by atoms with van der Waals surface area (Å²) >= 11 is 12.3. The monoisotopic (exact) mass is 760 g/mol. The Balaban J connectivity index is 1.09. The van der Waals surface area contributed by atoms with Crippen molar-refractivity contribution in [3.05, 3.63) is 167 Å². The molecule has 2 atom stereocenters. The van der Waals surface area contributed by atoms with E-state index in [-0.39, 0.29) is 13.2 Å². The summed E-state index contributed by atoms with van der Waals surface area (Å²) in [6, 6.07) is 37.8. The smallest absolute Gasteiger partial charge is 0.417 e. The van der Waals surface area contributed by atoms with Crippen molar-refractivity contribution in [1.82, 2.24) is 9.97 Å². The minimum absolute atomic E-state index is 0.0223. The highest BCUT2D eigenvalue weighted by atomic mass is 35.5. The lowest BCUT2D eigenvalue weighted by molar-refractivity contribution is -0.176. The number of hydrogen-bond donors (Lipinski definition) is 0. The van der Waals surface area contributed by atoms with Crippen LogP contribution in [0, 0.1) is 0 Å². The number of aryl methyl sites for hydroxylation is 2. The van der Waals surface area contributed by atoms with Gasteiger partial charge in [-0.3, -0.25) is 9.97 Å². The number of hydrogen-bond acceptors (Lipinski definition) is 8. The van der Waals surface area contributed by atoms with Crippen molar-refractivity contribution in [2.24, 2.45) is 0 Å². The lowest BCUT2D eigenvalue weighted by atomic mass is 10.1. The quantitative estimate of drug-likeness (QED) is 0.0711. The average Bonchev–Trinajstić information content (AvgIpc) is 3.21. The molecule has 0 fully saturated rings. The second kappa shape index (κ2) is 19.4. The molecule has 0 aliphatic carbocycles. The van der Waals surface area contributed by atoms with Crippen LogP contribution >= 0.6 is 23.2 Å². The molecule has 0 radical (unpaired) electrons. The summed E-state index contributed by atoms with van der Waals surface area (Å²) in [5, 5.41) is 1.30. The van der Waals surface area contributed by atoms with Crippen LogP contribution in [0.25, 0.3) is 22.3 Å². The molecule has 0 spiro atoms. The van der Waals surface area contributed by atoms with Crippen LogP contribution < -0.4 is 9.47 Å². The van der Waals surface area contributed by atoms with Crippen molar-refractivity contribution in [1.29, 1.82) is 0 Å². The Morgan fingerprint density at radius 3 is 1.31 bits per heavy atom. The van der Waals surface area contributed by atoms with Gasteiger partial charge in [0.1, 0.15) is 36.9 Å². The maximum absolute atomic E-state index is 13.2. The summed E-state index contributed by atoms with van der Waals surface area (Å²) in [7, 11) is 0. The number of carbonyl (C=O) groups excluding carboxylic acids is 2. The summed E-state index contributed by atoms with van der Waals surface area (Å²) < 4.78 is 23.5. The van der Waals surface area contributed by atoms with Gasteiger partial charge >= 0.3 is 11.9 Å².